The van der Waals surface area contributed by atoms with Crippen LogP contribution in [0.15, 0.2) is 12.3 Å². The van der Waals surface area contributed by atoms with Crippen molar-refractivity contribution in [2.24, 2.45) is 5.92 Å². The number of allylic oxidation sites excluding steroid dienone is 1. The molecule has 0 aromatic heterocycles. The molecule has 1 nitrogen and oxygen atoms in total. The third-order valence-electron chi connectivity index (χ3n) is 2.04. The predicted octanol–water partition coefficient (Wildman–Crippen LogP) is 2.55. The zero-order valence-electron chi connectivity index (χ0n) is 7.41. The van der Waals surface area contributed by atoms with E-state index in [0.717, 1.165) is 18.0 Å². The molecule has 0 aromatic carbocycles. The van der Waals surface area contributed by atoms with Crippen LogP contribution in [0.25, 0.3) is 0 Å². The van der Waals surface area contributed by atoms with E-state index >= 15 is 0 Å². The minimum absolute atomic E-state index is 0.819. The summed E-state index contributed by atoms with van der Waals surface area (Å²) in [4.78, 5) is 0. The molecule has 0 fully saturated rings. The maximum absolute atomic E-state index is 3.90. The molecule has 1 N–H and O–H groups in total. The van der Waals surface area contributed by atoms with Gasteiger partial charge in [-0.25, -0.2) is 0 Å². The van der Waals surface area contributed by atoms with Crippen LogP contribution in [0, 0.1) is 5.92 Å². The van der Waals surface area contributed by atoms with Gasteiger partial charge in [0.15, 0.2) is 0 Å². The highest BCUT2D eigenvalue weighted by molar-refractivity contribution is 4.90. The summed E-state index contributed by atoms with van der Waals surface area (Å²) >= 11 is 0. The second-order valence-electron chi connectivity index (χ2n) is 2.74. The van der Waals surface area contributed by atoms with Crippen molar-refractivity contribution in [1.82, 2.24) is 5.32 Å². The van der Waals surface area contributed by atoms with Gasteiger partial charge in [-0.05, 0) is 12.3 Å². The molecule has 0 aliphatic heterocycles. The van der Waals surface area contributed by atoms with E-state index in [9.17, 15) is 0 Å². The molecule has 0 aromatic rings. The van der Waals surface area contributed by atoms with E-state index in [-0.39, 0.29) is 0 Å². The lowest BCUT2D eigenvalue weighted by Gasteiger charge is -2.13. The number of rotatable bonds is 5. The lowest BCUT2D eigenvalue weighted by atomic mass is 9.98. The van der Waals surface area contributed by atoms with Crippen molar-refractivity contribution in [3.05, 3.63) is 12.3 Å². The molecule has 0 rings (SSSR count). The fourth-order valence-corrected chi connectivity index (χ4v) is 1.03. The van der Waals surface area contributed by atoms with Gasteiger partial charge in [0.25, 0.3) is 0 Å². The molecule has 0 unspecified atom stereocenters. The number of hydrogen-bond donors (Lipinski definition) is 1. The van der Waals surface area contributed by atoms with Crippen LogP contribution in [-0.2, 0) is 0 Å². The normalized spacial score (nSPS) is 10.0. The summed E-state index contributed by atoms with van der Waals surface area (Å²) in [6, 6.07) is 0. The summed E-state index contributed by atoms with van der Waals surface area (Å²) < 4.78 is 0. The molecule has 0 amide bonds. The molecular weight excluding hydrogens is 122 g/mol. The molecule has 0 heterocycles. The molecule has 0 aliphatic carbocycles. The van der Waals surface area contributed by atoms with Crippen molar-refractivity contribution in [3.8, 4) is 0 Å². The van der Waals surface area contributed by atoms with E-state index in [1.165, 1.54) is 12.8 Å². The van der Waals surface area contributed by atoms with E-state index in [0.29, 0.717) is 0 Å². The Balaban J connectivity index is 3.52. The van der Waals surface area contributed by atoms with E-state index in [2.05, 4.69) is 25.7 Å². The van der Waals surface area contributed by atoms with E-state index in [4.69, 9.17) is 0 Å². The van der Waals surface area contributed by atoms with E-state index in [1.54, 1.807) is 0 Å². The Morgan fingerprint density at radius 1 is 1.40 bits per heavy atom. The van der Waals surface area contributed by atoms with Crippen LogP contribution >= 0.6 is 0 Å². The quantitative estimate of drug-likeness (QED) is 0.620. The second kappa shape index (κ2) is 5.33. The maximum atomic E-state index is 3.90. The van der Waals surface area contributed by atoms with Crippen LogP contribution in [0.2, 0.25) is 0 Å². The van der Waals surface area contributed by atoms with Crippen molar-refractivity contribution in [3.63, 3.8) is 0 Å². The summed E-state index contributed by atoms with van der Waals surface area (Å²) in [5.74, 6) is 0.819. The van der Waals surface area contributed by atoms with Crippen molar-refractivity contribution >= 4 is 0 Å². The lowest BCUT2D eigenvalue weighted by Crippen LogP contribution is -2.09. The average Bonchev–Trinajstić information content (AvgIpc) is 1.99. The lowest BCUT2D eigenvalue weighted by molar-refractivity contribution is 0.479. The second-order valence-corrected chi connectivity index (χ2v) is 2.74. The van der Waals surface area contributed by atoms with Crippen LogP contribution in [0.5, 0.6) is 0 Å². The Labute approximate surface area is 64.5 Å². The molecule has 0 saturated carbocycles. The molecule has 0 spiro atoms. The van der Waals surface area contributed by atoms with Crippen LogP contribution in [0.3, 0.4) is 0 Å². The topological polar surface area (TPSA) is 12.0 Å². The monoisotopic (exact) mass is 141 g/mol. The van der Waals surface area contributed by atoms with Crippen molar-refractivity contribution in [2.45, 2.75) is 33.1 Å². The van der Waals surface area contributed by atoms with E-state index < -0.39 is 0 Å². The van der Waals surface area contributed by atoms with Crippen molar-refractivity contribution < 1.29 is 0 Å². The van der Waals surface area contributed by atoms with Crippen LogP contribution in [0.1, 0.15) is 33.1 Å². The summed E-state index contributed by atoms with van der Waals surface area (Å²) in [6.45, 7) is 8.36. The summed E-state index contributed by atoms with van der Waals surface area (Å²) in [5, 5.41) is 3.07. The molecule has 0 bridgehead atoms. The highest BCUT2D eigenvalue weighted by Gasteiger charge is 2.03. The Morgan fingerprint density at radius 2 is 1.90 bits per heavy atom. The zero-order chi connectivity index (χ0) is 7.98. The van der Waals surface area contributed by atoms with E-state index in [1.807, 2.05) is 7.05 Å². The van der Waals surface area contributed by atoms with Gasteiger partial charge >= 0.3 is 0 Å². The molecular formula is C9H19N. The molecule has 0 saturated heterocycles. The van der Waals surface area contributed by atoms with Gasteiger partial charge in [-0.3, -0.25) is 0 Å². The Hall–Kier alpha value is -0.460. The first-order valence-corrected chi connectivity index (χ1v) is 4.10. The summed E-state index contributed by atoms with van der Waals surface area (Å²) in [6.07, 6.45) is 3.65. The van der Waals surface area contributed by atoms with Gasteiger partial charge in [-0.15, -0.1) is 0 Å². The average molecular weight is 141 g/mol. The molecule has 0 aliphatic rings. The van der Waals surface area contributed by atoms with Gasteiger partial charge in [0.2, 0.25) is 0 Å². The van der Waals surface area contributed by atoms with Gasteiger partial charge in [0.1, 0.15) is 0 Å². The fraction of sp³-hybridized carbons (Fsp3) is 0.778. The highest BCUT2D eigenvalue weighted by Crippen LogP contribution is 2.15. The molecule has 60 valence electrons. The third-order valence-corrected chi connectivity index (χ3v) is 2.04. The first kappa shape index (κ1) is 9.54. The zero-order valence-corrected chi connectivity index (χ0v) is 7.41. The highest BCUT2D eigenvalue weighted by atomic mass is 14.8. The predicted molar refractivity (Wildman–Crippen MR) is 46.9 cm³/mol. The Kier molecular flexibility index (Phi) is 5.09. The van der Waals surface area contributed by atoms with Gasteiger partial charge in [-0.1, -0.05) is 33.3 Å². The van der Waals surface area contributed by atoms with Crippen LogP contribution in [0.4, 0.5) is 0 Å². The van der Waals surface area contributed by atoms with Crippen LogP contribution in [-0.4, -0.2) is 7.05 Å². The third kappa shape index (κ3) is 3.54. The molecule has 0 radical (unpaired) electrons. The fourth-order valence-electron chi connectivity index (χ4n) is 1.03. The van der Waals surface area contributed by atoms with Crippen LogP contribution < -0.4 is 5.32 Å². The molecule has 1 heteroatoms. The first-order chi connectivity index (χ1) is 4.74. The van der Waals surface area contributed by atoms with Gasteiger partial charge in [-0.2, -0.15) is 0 Å². The van der Waals surface area contributed by atoms with Gasteiger partial charge < -0.3 is 5.32 Å². The standard InChI is InChI=1S/C9H19N/c1-5-9(6-2)7-8(3)10-4/h9-10H,3,5-7H2,1-2,4H3. The summed E-state index contributed by atoms with van der Waals surface area (Å²) in [5.41, 5.74) is 1.16. The Bertz CT molecular complexity index is 92.9. The van der Waals surface area contributed by atoms with Gasteiger partial charge in [0, 0.05) is 12.7 Å². The minimum Gasteiger partial charge on any atom is -0.392 e. The summed E-state index contributed by atoms with van der Waals surface area (Å²) in [7, 11) is 1.94. The smallest absolute Gasteiger partial charge is 0.00338 e. The first-order valence-electron chi connectivity index (χ1n) is 4.10. The Morgan fingerprint density at radius 3 is 2.20 bits per heavy atom. The molecule has 10 heavy (non-hydrogen) atoms. The minimum atomic E-state index is 0.819. The van der Waals surface area contributed by atoms with Gasteiger partial charge in [0.05, 0.1) is 0 Å². The van der Waals surface area contributed by atoms with Crippen molar-refractivity contribution in [2.75, 3.05) is 7.05 Å². The largest absolute Gasteiger partial charge is 0.392 e. The maximum Gasteiger partial charge on any atom is 0.00338 e. The number of nitrogens with one attached hydrogen (secondary N) is 1. The SMILES string of the molecule is C=C(CC(CC)CC)NC. The van der Waals surface area contributed by atoms with Crippen molar-refractivity contribution in [1.29, 1.82) is 0 Å². The molecule has 0 atom stereocenters. The number of hydrogen-bond acceptors (Lipinski definition) is 1.